The van der Waals surface area contributed by atoms with Crippen LogP contribution in [0.5, 0.6) is 0 Å². The number of nitrogens with one attached hydrogen (secondary N) is 2. The van der Waals surface area contributed by atoms with Crippen molar-refractivity contribution in [2.24, 2.45) is 0 Å². The summed E-state index contributed by atoms with van der Waals surface area (Å²) in [6.45, 7) is 0. The average molecular weight is 488 g/mol. The molecule has 0 bridgehead atoms. The van der Waals surface area contributed by atoms with Crippen molar-refractivity contribution < 1.29 is 9.21 Å². The van der Waals surface area contributed by atoms with Crippen molar-refractivity contribution in [3.05, 3.63) is 76.0 Å². The second kappa shape index (κ2) is 8.28. The molecule has 0 atom stereocenters. The summed E-state index contributed by atoms with van der Waals surface area (Å²) in [6, 6.07) is 14.0. The molecule has 0 spiro atoms. The Balaban J connectivity index is 1.50. The van der Waals surface area contributed by atoms with Crippen LogP contribution in [0.3, 0.4) is 0 Å². The monoisotopic (exact) mass is 486 g/mol. The first kappa shape index (κ1) is 19.5. The molecule has 1 amide bonds. The van der Waals surface area contributed by atoms with Gasteiger partial charge < -0.3 is 9.73 Å². The Morgan fingerprint density at radius 3 is 2.76 bits per heavy atom. The number of pyridine rings is 1. The first-order chi connectivity index (χ1) is 14.0. The Kier molecular flexibility index (Phi) is 5.57. The van der Waals surface area contributed by atoms with Crippen LogP contribution in [0.4, 0.5) is 5.69 Å². The van der Waals surface area contributed by atoms with Gasteiger partial charge in [-0.05, 0) is 64.5 Å². The molecule has 0 aliphatic carbocycles. The third-order valence-electron chi connectivity index (χ3n) is 3.94. The summed E-state index contributed by atoms with van der Waals surface area (Å²) in [7, 11) is 0. The smallest absolute Gasteiger partial charge is 0.258 e. The molecule has 0 radical (unpaired) electrons. The molecule has 4 rings (SSSR count). The molecule has 6 nitrogen and oxygen atoms in total. The highest BCUT2D eigenvalue weighted by molar-refractivity contribution is 9.10. The zero-order valence-electron chi connectivity index (χ0n) is 14.6. The number of carbonyl (C=O) groups excluding carboxylic acids is 1. The number of thiocarbonyl (C=S) groups is 1. The molecular weight excluding hydrogens is 476 g/mol. The summed E-state index contributed by atoms with van der Waals surface area (Å²) >= 11 is 14.7. The fourth-order valence-electron chi connectivity index (χ4n) is 2.64. The number of benzene rings is 2. The van der Waals surface area contributed by atoms with Crippen LogP contribution in [-0.4, -0.2) is 21.0 Å². The van der Waals surface area contributed by atoms with Crippen LogP contribution in [-0.2, 0) is 0 Å². The van der Waals surface area contributed by atoms with E-state index in [0.717, 1.165) is 10.0 Å². The number of halogens is 2. The maximum Gasteiger partial charge on any atom is 0.258 e. The van der Waals surface area contributed by atoms with Gasteiger partial charge in [0.2, 0.25) is 5.89 Å². The van der Waals surface area contributed by atoms with E-state index in [4.69, 9.17) is 28.2 Å². The minimum absolute atomic E-state index is 0.147. The maximum absolute atomic E-state index is 12.3. The Bertz CT molecular complexity index is 1240. The molecule has 0 aliphatic heterocycles. The summed E-state index contributed by atoms with van der Waals surface area (Å²) in [5, 5.41) is 6.08. The number of anilines is 1. The van der Waals surface area contributed by atoms with E-state index in [1.807, 2.05) is 6.07 Å². The van der Waals surface area contributed by atoms with E-state index >= 15 is 0 Å². The van der Waals surface area contributed by atoms with Crippen LogP contribution in [0.2, 0.25) is 5.02 Å². The first-order valence-corrected chi connectivity index (χ1v) is 9.96. The van der Waals surface area contributed by atoms with E-state index in [9.17, 15) is 4.79 Å². The standard InChI is InChI=1S/C20H12BrClN4O2S/c21-12-7-11(9-23-10-12)19-25-16-8-13(5-6-17(16)28-19)24-20(29)26-18(27)14-3-1-2-4-15(14)22/h1-10H,(H2,24,26,27,29). The Labute approximate surface area is 184 Å². The lowest BCUT2D eigenvalue weighted by Gasteiger charge is -2.10. The van der Waals surface area contributed by atoms with Crippen molar-refractivity contribution >= 4 is 67.6 Å². The Morgan fingerprint density at radius 1 is 1.14 bits per heavy atom. The fourth-order valence-corrected chi connectivity index (χ4v) is 3.43. The Morgan fingerprint density at radius 2 is 1.97 bits per heavy atom. The predicted octanol–water partition coefficient (Wildman–Crippen LogP) is 5.43. The second-order valence-electron chi connectivity index (χ2n) is 5.98. The number of amides is 1. The van der Waals surface area contributed by atoms with Crippen LogP contribution < -0.4 is 10.6 Å². The number of nitrogens with zero attached hydrogens (tertiary/aromatic N) is 2. The largest absolute Gasteiger partial charge is 0.436 e. The Hall–Kier alpha value is -2.81. The van der Waals surface area contributed by atoms with Gasteiger partial charge in [-0.1, -0.05) is 23.7 Å². The van der Waals surface area contributed by atoms with E-state index in [1.165, 1.54) is 0 Å². The van der Waals surface area contributed by atoms with Crippen LogP contribution in [0.25, 0.3) is 22.6 Å². The number of carbonyl (C=O) groups is 1. The lowest BCUT2D eigenvalue weighted by Crippen LogP contribution is -2.34. The average Bonchev–Trinajstić information content (AvgIpc) is 3.11. The number of aromatic nitrogens is 2. The molecule has 4 aromatic rings. The number of hydrogen-bond donors (Lipinski definition) is 2. The highest BCUT2D eigenvalue weighted by Gasteiger charge is 2.13. The molecule has 0 unspecified atom stereocenters. The molecule has 0 fully saturated rings. The van der Waals surface area contributed by atoms with Gasteiger partial charge in [-0.2, -0.15) is 0 Å². The minimum atomic E-state index is -0.389. The molecule has 29 heavy (non-hydrogen) atoms. The minimum Gasteiger partial charge on any atom is -0.436 e. The van der Waals surface area contributed by atoms with Gasteiger partial charge in [-0.25, -0.2) is 4.98 Å². The molecule has 9 heteroatoms. The van der Waals surface area contributed by atoms with Gasteiger partial charge in [-0.15, -0.1) is 0 Å². The summed E-state index contributed by atoms with van der Waals surface area (Å²) in [6.07, 6.45) is 3.36. The zero-order chi connectivity index (χ0) is 20.4. The van der Waals surface area contributed by atoms with E-state index in [1.54, 1.807) is 54.9 Å². The number of fused-ring (bicyclic) bond motifs is 1. The van der Waals surface area contributed by atoms with Gasteiger partial charge in [0.15, 0.2) is 10.7 Å². The van der Waals surface area contributed by atoms with Gasteiger partial charge >= 0.3 is 0 Å². The van der Waals surface area contributed by atoms with Crippen LogP contribution in [0, 0.1) is 0 Å². The predicted molar refractivity (Wildman–Crippen MR) is 120 cm³/mol. The molecule has 0 saturated carbocycles. The number of rotatable bonds is 3. The molecule has 2 heterocycles. The highest BCUT2D eigenvalue weighted by Crippen LogP contribution is 2.27. The van der Waals surface area contributed by atoms with Gasteiger partial charge in [0.05, 0.1) is 16.1 Å². The number of oxazole rings is 1. The fraction of sp³-hybridized carbons (Fsp3) is 0. The van der Waals surface area contributed by atoms with Crippen molar-refractivity contribution in [1.82, 2.24) is 15.3 Å². The summed E-state index contributed by atoms with van der Waals surface area (Å²) in [4.78, 5) is 20.9. The summed E-state index contributed by atoms with van der Waals surface area (Å²) in [5.41, 5.74) is 3.03. The van der Waals surface area contributed by atoms with Crippen LogP contribution >= 0.6 is 39.7 Å². The topological polar surface area (TPSA) is 80.0 Å². The van der Waals surface area contributed by atoms with Crippen molar-refractivity contribution in [3.63, 3.8) is 0 Å². The quantitative estimate of drug-likeness (QED) is 0.375. The van der Waals surface area contributed by atoms with Crippen LogP contribution in [0.1, 0.15) is 10.4 Å². The molecule has 144 valence electrons. The molecule has 2 N–H and O–H groups in total. The molecule has 0 aliphatic rings. The van der Waals surface area contributed by atoms with E-state index in [0.29, 0.717) is 33.3 Å². The van der Waals surface area contributed by atoms with Crippen molar-refractivity contribution in [1.29, 1.82) is 0 Å². The lowest BCUT2D eigenvalue weighted by atomic mass is 10.2. The van der Waals surface area contributed by atoms with Crippen molar-refractivity contribution in [3.8, 4) is 11.5 Å². The second-order valence-corrected chi connectivity index (χ2v) is 7.71. The van der Waals surface area contributed by atoms with Gasteiger partial charge in [0.1, 0.15) is 5.52 Å². The van der Waals surface area contributed by atoms with E-state index in [2.05, 4.69) is 36.5 Å². The van der Waals surface area contributed by atoms with Crippen molar-refractivity contribution in [2.45, 2.75) is 0 Å². The van der Waals surface area contributed by atoms with Crippen molar-refractivity contribution in [2.75, 3.05) is 5.32 Å². The number of hydrogen-bond acceptors (Lipinski definition) is 5. The third-order valence-corrected chi connectivity index (χ3v) is 4.91. The summed E-state index contributed by atoms with van der Waals surface area (Å²) in [5.74, 6) is 0.0700. The normalized spacial score (nSPS) is 10.7. The lowest BCUT2D eigenvalue weighted by molar-refractivity contribution is 0.0978. The molecule has 2 aromatic carbocycles. The van der Waals surface area contributed by atoms with Gasteiger partial charge in [0, 0.05) is 22.6 Å². The first-order valence-electron chi connectivity index (χ1n) is 8.38. The van der Waals surface area contributed by atoms with E-state index in [-0.39, 0.29) is 11.0 Å². The molecule has 0 saturated heterocycles. The van der Waals surface area contributed by atoms with Gasteiger partial charge in [-0.3, -0.25) is 15.1 Å². The maximum atomic E-state index is 12.3. The molecular formula is C20H12BrClN4O2S. The van der Waals surface area contributed by atoms with Crippen LogP contribution in [0.15, 0.2) is 69.8 Å². The summed E-state index contributed by atoms with van der Waals surface area (Å²) < 4.78 is 6.62. The molecule has 2 aromatic heterocycles. The van der Waals surface area contributed by atoms with E-state index < -0.39 is 0 Å². The zero-order valence-corrected chi connectivity index (χ0v) is 17.8. The SMILES string of the molecule is O=C(NC(=S)Nc1ccc2oc(-c3cncc(Br)c3)nc2c1)c1ccccc1Cl. The highest BCUT2D eigenvalue weighted by atomic mass is 79.9. The third kappa shape index (κ3) is 4.45. The van der Waals surface area contributed by atoms with Gasteiger partial charge in [0.25, 0.3) is 5.91 Å².